The molecule has 1 aromatic heterocycles. The molecule has 4 heteroatoms. The molecule has 0 bridgehead atoms. The van der Waals surface area contributed by atoms with Gasteiger partial charge in [0.05, 0.1) is 5.56 Å². The average Bonchev–Trinajstić information content (AvgIpc) is 2.89. The van der Waals surface area contributed by atoms with Crippen molar-refractivity contribution >= 4 is 17.2 Å². The minimum Gasteiger partial charge on any atom is -0.349 e. The summed E-state index contributed by atoms with van der Waals surface area (Å²) in [7, 11) is 0. The molecule has 1 aromatic rings. The first-order valence-electron chi connectivity index (χ1n) is 7.60. The fourth-order valence-electron chi connectivity index (χ4n) is 2.60. The van der Waals surface area contributed by atoms with Gasteiger partial charge in [0.2, 0.25) is 0 Å². The Hall–Kier alpha value is -0.870. The third-order valence-corrected chi connectivity index (χ3v) is 5.28. The first-order chi connectivity index (χ1) is 9.47. The molecule has 20 heavy (non-hydrogen) atoms. The van der Waals surface area contributed by atoms with E-state index in [9.17, 15) is 4.79 Å². The molecule has 0 spiro atoms. The lowest BCUT2D eigenvalue weighted by atomic mass is 10.0. The van der Waals surface area contributed by atoms with Crippen molar-refractivity contribution in [1.29, 1.82) is 0 Å². The number of carbonyl (C=O) groups is 1. The second-order valence-electron chi connectivity index (χ2n) is 6.27. The minimum absolute atomic E-state index is 0.0937. The SMILES string of the molecule is CC(C)c1cc(C(=O)NC2CCN(C(C)C)CC2)cs1. The third-order valence-electron chi connectivity index (χ3n) is 4.05. The molecule has 0 atom stereocenters. The van der Waals surface area contributed by atoms with Crippen molar-refractivity contribution in [2.75, 3.05) is 13.1 Å². The van der Waals surface area contributed by atoms with Crippen LogP contribution in [0.1, 0.15) is 61.7 Å². The number of amides is 1. The Bertz CT molecular complexity index is 445. The number of likely N-dealkylation sites (tertiary alicyclic amines) is 1. The van der Waals surface area contributed by atoms with Crippen LogP contribution in [0, 0.1) is 0 Å². The van der Waals surface area contributed by atoms with Gasteiger partial charge in [0.25, 0.3) is 5.91 Å². The number of hydrogen-bond acceptors (Lipinski definition) is 3. The average molecular weight is 294 g/mol. The van der Waals surface area contributed by atoms with Gasteiger partial charge in [-0.3, -0.25) is 4.79 Å². The van der Waals surface area contributed by atoms with Gasteiger partial charge < -0.3 is 10.2 Å². The first kappa shape index (κ1) is 15.5. The Morgan fingerprint density at radius 2 is 1.95 bits per heavy atom. The van der Waals surface area contributed by atoms with E-state index in [1.54, 1.807) is 11.3 Å². The molecule has 1 N–H and O–H groups in total. The van der Waals surface area contributed by atoms with Gasteiger partial charge in [0.15, 0.2) is 0 Å². The van der Waals surface area contributed by atoms with Crippen LogP contribution < -0.4 is 5.32 Å². The van der Waals surface area contributed by atoms with Crippen LogP contribution in [-0.2, 0) is 0 Å². The fourth-order valence-corrected chi connectivity index (χ4v) is 3.51. The number of hydrogen-bond donors (Lipinski definition) is 1. The van der Waals surface area contributed by atoms with Crippen molar-refractivity contribution in [3.8, 4) is 0 Å². The lowest BCUT2D eigenvalue weighted by Gasteiger charge is -2.34. The number of nitrogens with one attached hydrogen (secondary N) is 1. The van der Waals surface area contributed by atoms with Crippen LogP contribution in [0.3, 0.4) is 0 Å². The maximum atomic E-state index is 12.2. The minimum atomic E-state index is 0.0937. The van der Waals surface area contributed by atoms with E-state index in [4.69, 9.17) is 0 Å². The zero-order chi connectivity index (χ0) is 14.7. The van der Waals surface area contributed by atoms with Crippen LogP contribution in [0.4, 0.5) is 0 Å². The highest BCUT2D eigenvalue weighted by Gasteiger charge is 2.22. The van der Waals surface area contributed by atoms with Gasteiger partial charge in [0, 0.05) is 35.4 Å². The predicted molar refractivity (Wildman–Crippen MR) is 85.6 cm³/mol. The summed E-state index contributed by atoms with van der Waals surface area (Å²) >= 11 is 1.68. The fraction of sp³-hybridized carbons (Fsp3) is 0.688. The largest absolute Gasteiger partial charge is 0.349 e. The van der Waals surface area contributed by atoms with E-state index < -0.39 is 0 Å². The Balaban J connectivity index is 1.86. The zero-order valence-electron chi connectivity index (χ0n) is 13.0. The lowest BCUT2D eigenvalue weighted by molar-refractivity contribution is 0.0901. The van der Waals surface area contributed by atoms with E-state index in [2.05, 4.69) is 37.9 Å². The van der Waals surface area contributed by atoms with Crippen molar-refractivity contribution in [2.24, 2.45) is 0 Å². The summed E-state index contributed by atoms with van der Waals surface area (Å²) in [5, 5.41) is 5.17. The number of nitrogens with zero attached hydrogens (tertiary/aromatic N) is 1. The van der Waals surface area contributed by atoms with Crippen molar-refractivity contribution in [3.63, 3.8) is 0 Å². The maximum Gasteiger partial charge on any atom is 0.252 e. The lowest BCUT2D eigenvalue weighted by Crippen LogP contribution is -2.46. The van der Waals surface area contributed by atoms with E-state index in [-0.39, 0.29) is 5.91 Å². The standard InChI is InChI=1S/C16H26N2OS/c1-11(2)15-9-13(10-20-15)16(19)17-14-5-7-18(8-6-14)12(3)4/h9-12,14H,5-8H2,1-4H3,(H,17,19). The van der Waals surface area contributed by atoms with Crippen molar-refractivity contribution < 1.29 is 4.79 Å². The van der Waals surface area contributed by atoms with Crippen molar-refractivity contribution in [2.45, 2.75) is 58.5 Å². The maximum absolute atomic E-state index is 12.2. The monoisotopic (exact) mass is 294 g/mol. The van der Waals surface area contributed by atoms with Gasteiger partial charge in [-0.05, 0) is 38.7 Å². The Morgan fingerprint density at radius 1 is 1.30 bits per heavy atom. The Labute approximate surface area is 126 Å². The molecule has 0 saturated carbocycles. The molecule has 1 fully saturated rings. The van der Waals surface area contributed by atoms with E-state index in [0.717, 1.165) is 31.5 Å². The number of piperidine rings is 1. The summed E-state index contributed by atoms with van der Waals surface area (Å²) in [4.78, 5) is 16.0. The summed E-state index contributed by atoms with van der Waals surface area (Å²) in [5.41, 5.74) is 0.824. The van der Waals surface area contributed by atoms with Gasteiger partial charge in [-0.1, -0.05) is 13.8 Å². The number of carbonyl (C=O) groups excluding carboxylic acids is 1. The molecule has 3 nitrogen and oxygen atoms in total. The molecule has 1 saturated heterocycles. The third kappa shape index (κ3) is 3.83. The van der Waals surface area contributed by atoms with E-state index >= 15 is 0 Å². The Kier molecular flexibility index (Phi) is 5.22. The highest BCUT2D eigenvalue weighted by atomic mass is 32.1. The smallest absolute Gasteiger partial charge is 0.252 e. The molecule has 2 heterocycles. The molecule has 0 aromatic carbocycles. The van der Waals surface area contributed by atoms with Gasteiger partial charge in [-0.2, -0.15) is 0 Å². The highest BCUT2D eigenvalue weighted by molar-refractivity contribution is 7.10. The summed E-state index contributed by atoms with van der Waals surface area (Å²) in [6, 6.07) is 2.98. The van der Waals surface area contributed by atoms with Gasteiger partial charge >= 0.3 is 0 Å². The molecular weight excluding hydrogens is 268 g/mol. The Morgan fingerprint density at radius 3 is 2.45 bits per heavy atom. The summed E-state index contributed by atoms with van der Waals surface area (Å²) in [5.74, 6) is 0.590. The molecule has 0 unspecified atom stereocenters. The van der Waals surface area contributed by atoms with Crippen LogP contribution in [0.25, 0.3) is 0 Å². The van der Waals surface area contributed by atoms with Gasteiger partial charge in [0.1, 0.15) is 0 Å². The van der Waals surface area contributed by atoms with Gasteiger partial charge in [-0.25, -0.2) is 0 Å². The molecule has 1 aliphatic rings. The van der Waals surface area contributed by atoms with E-state index in [1.807, 2.05) is 11.4 Å². The number of rotatable bonds is 4. The molecule has 0 radical (unpaired) electrons. The second kappa shape index (κ2) is 6.72. The summed E-state index contributed by atoms with van der Waals surface area (Å²) < 4.78 is 0. The van der Waals surface area contributed by atoms with Crippen LogP contribution in [0.15, 0.2) is 11.4 Å². The van der Waals surface area contributed by atoms with Crippen LogP contribution >= 0.6 is 11.3 Å². The van der Waals surface area contributed by atoms with Crippen molar-refractivity contribution in [3.05, 3.63) is 21.9 Å². The molecule has 0 aliphatic carbocycles. The molecular formula is C16H26N2OS. The van der Waals surface area contributed by atoms with Crippen LogP contribution in [0.2, 0.25) is 0 Å². The first-order valence-corrected chi connectivity index (χ1v) is 8.48. The quantitative estimate of drug-likeness (QED) is 0.922. The molecule has 2 rings (SSSR count). The molecule has 112 valence electrons. The predicted octanol–water partition coefficient (Wildman–Crippen LogP) is 3.47. The van der Waals surface area contributed by atoms with Crippen LogP contribution in [-0.4, -0.2) is 36.0 Å². The summed E-state index contributed by atoms with van der Waals surface area (Å²) in [6.45, 7) is 11.0. The molecule has 1 amide bonds. The molecule has 1 aliphatic heterocycles. The number of thiophene rings is 1. The van der Waals surface area contributed by atoms with Crippen molar-refractivity contribution in [1.82, 2.24) is 10.2 Å². The zero-order valence-corrected chi connectivity index (χ0v) is 13.8. The van der Waals surface area contributed by atoms with E-state index in [1.165, 1.54) is 4.88 Å². The van der Waals surface area contributed by atoms with E-state index in [0.29, 0.717) is 18.0 Å². The van der Waals surface area contributed by atoms with Gasteiger partial charge in [-0.15, -0.1) is 11.3 Å². The highest BCUT2D eigenvalue weighted by Crippen LogP contribution is 2.23. The second-order valence-corrected chi connectivity index (χ2v) is 7.21. The normalized spacial score (nSPS) is 17.9. The van der Waals surface area contributed by atoms with Crippen LogP contribution in [0.5, 0.6) is 0 Å². The summed E-state index contributed by atoms with van der Waals surface area (Å²) in [6.07, 6.45) is 2.12. The topological polar surface area (TPSA) is 32.3 Å².